The van der Waals surface area contributed by atoms with Crippen LogP contribution in [-0.2, 0) is 16.4 Å². The van der Waals surface area contributed by atoms with Crippen LogP contribution in [0.25, 0.3) is 0 Å². The average molecular weight is 178 g/mol. The first kappa shape index (κ1) is 10.3. The molecule has 0 amide bonds. The largest absolute Gasteiger partial charge is 0.240 e. The van der Waals surface area contributed by atoms with Gasteiger partial charge < -0.3 is 0 Å². The summed E-state index contributed by atoms with van der Waals surface area (Å²) in [4.78, 5) is 9.39. The van der Waals surface area contributed by atoms with E-state index in [0.717, 1.165) is 12.8 Å². The number of rotatable bonds is 4. The van der Waals surface area contributed by atoms with Crippen LogP contribution < -0.4 is 5.46 Å². The molecule has 0 saturated heterocycles. The lowest BCUT2D eigenvalue weighted by atomic mass is 9.71. The first-order valence-electron chi connectivity index (χ1n) is 4.52. The minimum atomic E-state index is 0.515. The van der Waals surface area contributed by atoms with Gasteiger partial charge in [0.15, 0.2) is 7.28 Å². The van der Waals surface area contributed by atoms with Crippen molar-refractivity contribution >= 4 is 12.7 Å². The molecule has 0 heterocycles. The molecule has 0 aliphatic carbocycles. The van der Waals surface area contributed by atoms with Gasteiger partial charge in [-0.1, -0.05) is 36.0 Å². The molecule has 0 radical (unpaired) electrons. The normalized spacial score (nSPS) is 10.1. The van der Waals surface area contributed by atoms with E-state index >= 15 is 0 Å². The van der Waals surface area contributed by atoms with Crippen LogP contribution in [0.5, 0.6) is 0 Å². The van der Waals surface area contributed by atoms with Crippen molar-refractivity contribution in [3.8, 4) is 0 Å². The molecule has 70 valence electrons. The Morgan fingerprint density at radius 1 is 1.38 bits per heavy atom. The number of hydrogen-bond acceptors (Lipinski definition) is 2. The minimum absolute atomic E-state index is 0.515. The van der Waals surface area contributed by atoms with Crippen LogP contribution >= 0.6 is 0 Å². The van der Waals surface area contributed by atoms with E-state index in [1.807, 2.05) is 0 Å². The van der Waals surface area contributed by atoms with E-state index < -0.39 is 0 Å². The van der Waals surface area contributed by atoms with E-state index in [2.05, 4.69) is 36.8 Å². The maximum absolute atomic E-state index is 4.85. The molecule has 0 aliphatic heterocycles. The van der Waals surface area contributed by atoms with E-state index in [9.17, 15) is 0 Å². The minimum Gasteiger partial charge on any atom is -0.240 e. The highest BCUT2D eigenvalue weighted by Gasteiger charge is 1.98. The van der Waals surface area contributed by atoms with Crippen molar-refractivity contribution in [1.82, 2.24) is 0 Å². The summed E-state index contributed by atoms with van der Waals surface area (Å²) in [5.74, 6) is 0. The Morgan fingerprint density at radius 3 is 2.69 bits per heavy atom. The summed E-state index contributed by atoms with van der Waals surface area (Å²) in [6.45, 7) is 4.80. The molecule has 0 N–H and O–H groups in total. The fourth-order valence-electron chi connectivity index (χ4n) is 1.37. The Morgan fingerprint density at radius 2 is 2.15 bits per heavy atom. The number of benzene rings is 1. The van der Waals surface area contributed by atoms with Gasteiger partial charge in [0, 0.05) is 0 Å². The predicted molar refractivity (Wildman–Crippen MR) is 55.6 cm³/mol. The lowest BCUT2D eigenvalue weighted by molar-refractivity contribution is -0.282. The highest BCUT2D eigenvalue weighted by molar-refractivity contribution is 6.52. The van der Waals surface area contributed by atoms with Gasteiger partial charge in [-0.2, -0.15) is 0 Å². The maximum Gasteiger partial charge on any atom is 0.154 e. The molecular formula is C10H15BO2. The van der Waals surface area contributed by atoms with Crippen molar-refractivity contribution in [3.63, 3.8) is 0 Å². The van der Waals surface area contributed by atoms with E-state index in [0.29, 0.717) is 6.61 Å². The van der Waals surface area contributed by atoms with E-state index in [1.165, 1.54) is 18.1 Å². The summed E-state index contributed by atoms with van der Waals surface area (Å²) >= 11 is 0. The van der Waals surface area contributed by atoms with Gasteiger partial charge in [0.1, 0.15) is 6.61 Å². The van der Waals surface area contributed by atoms with Crippen LogP contribution in [-0.4, -0.2) is 14.4 Å². The molecular weight excluding hydrogens is 163 g/mol. The molecule has 0 bridgehead atoms. The van der Waals surface area contributed by atoms with Gasteiger partial charge in [-0.25, -0.2) is 9.78 Å². The second-order valence-corrected chi connectivity index (χ2v) is 3.04. The molecule has 0 saturated carbocycles. The third-order valence-electron chi connectivity index (χ3n) is 2.13. The van der Waals surface area contributed by atoms with Crippen LogP contribution in [0.3, 0.4) is 0 Å². The fourth-order valence-corrected chi connectivity index (χ4v) is 1.37. The Balaban J connectivity index is 2.71. The molecule has 1 aromatic rings. The van der Waals surface area contributed by atoms with Gasteiger partial charge in [0.05, 0.1) is 7.11 Å². The fraction of sp³-hybridized carbons (Fsp3) is 0.400. The zero-order chi connectivity index (χ0) is 9.68. The smallest absolute Gasteiger partial charge is 0.154 e. The predicted octanol–water partition coefficient (Wildman–Crippen LogP) is 1.18. The molecule has 13 heavy (non-hydrogen) atoms. The molecule has 2 nitrogen and oxygen atoms in total. The van der Waals surface area contributed by atoms with Gasteiger partial charge in [-0.05, 0) is 12.5 Å². The Bertz CT molecular complexity index is 274. The van der Waals surface area contributed by atoms with Crippen LogP contribution in [0.15, 0.2) is 18.2 Å². The van der Waals surface area contributed by atoms with Crippen molar-refractivity contribution in [3.05, 3.63) is 29.3 Å². The first-order valence-corrected chi connectivity index (χ1v) is 4.52. The summed E-state index contributed by atoms with van der Waals surface area (Å²) in [7, 11) is 2.60. The molecule has 0 aliphatic rings. The lowest BCUT2D eigenvalue weighted by Crippen LogP contribution is -2.14. The zero-order valence-corrected chi connectivity index (χ0v) is 8.46. The molecule has 0 unspecified atom stereocenters. The van der Waals surface area contributed by atoms with Crippen molar-refractivity contribution in [2.24, 2.45) is 0 Å². The van der Waals surface area contributed by atoms with E-state index in [4.69, 9.17) is 4.89 Å². The summed E-state index contributed by atoms with van der Waals surface area (Å²) < 4.78 is 0. The average Bonchev–Trinajstić information content (AvgIpc) is 2.15. The SMILES string of the molecule is CBc1ccc(COOC)cc1C. The monoisotopic (exact) mass is 178 g/mol. The first-order chi connectivity index (χ1) is 6.27. The third kappa shape index (κ3) is 2.86. The Kier molecular flexibility index (Phi) is 3.99. The van der Waals surface area contributed by atoms with Crippen molar-refractivity contribution < 1.29 is 9.78 Å². The molecule has 1 aromatic carbocycles. The topological polar surface area (TPSA) is 18.5 Å². The second-order valence-electron chi connectivity index (χ2n) is 3.04. The highest BCUT2D eigenvalue weighted by Crippen LogP contribution is 2.03. The van der Waals surface area contributed by atoms with E-state index in [1.54, 1.807) is 0 Å². The van der Waals surface area contributed by atoms with Crippen LogP contribution in [0.2, 0.25) is 6.82 Å². The van der Waals surface area contributed by atoms with Crippen LogP contribution in [0.4, 0.5) is 0 Å². The molecule has 0 aromatic heterocycles. The molecule has 0 spiro atoms. The molecule has 1 rings (SSSR count). The summed E-state index contributed by atoms with van der Waals surface area (Å²) in [6.07, 6.45) is 0. The van der Waals surface area contributed by atoms with Gasteiger partial charge in [-0.3, -0.25) is 0 Å². The number of aryl methyl sites for hydroxylation is 1. The van der Waals surface area contributed by atoms with Crippen molar-refractivity contribution in [1.29, 1.82) is 0 Å². The third-order valence-corrected chi connectivity index (χ3v) is 2.13. The second kappa shape index (κ2) is 5.05. The number of hydrogen-bond donors (Lipinski definition) is 0. The zero-order valence-electron chi connectivity index (χ0n) is 8.46. The van der Waals surface area contributed by atoms with Gasteiger partial charge in [0.2, 0.25) is 0 Å². The Labute approximate surface area is 80.0 Å². The van der Waals surface area contributed by atoms with Crippen molar-refractivity contribution in [2.75, 3.05) is 7.11 Å². The standard InChI is InChI=1S/C10H15BO2/c1-8-6-9(7-13-12-3)4-5-10(8)11-2/h4-6,11H,7H2,1-3H3. The lowest BCUT2D eigenvalue weighted by Gasteiger charge is -2.05. The van der Waals surface area contributed by atoms with Crippen LogP contribution in [0, 0.1) is 6.92 Å². The summed E-state index contributed by atoms with van der Waals surface area (Å²) in [5, 5.41) is 0. The molecule has 0 fully saturated rings. The van der Waals surface area contributed by atoms with E-state index in [-0.39, 0.29) is 0 Å². The summed E-state index contributed by atoms with van der Waals surface area (Å²) in [5.41, 5.74) is 3.86. The molecule has 3 heteroatoms. The van der Waals surface area contributed by atoms with Gasteiger partial charge in [0.25, 0.3) is 0 Å². The van der Waals surface area contributed by atoms with Crippen LogP contribution in [0.1, 0.15) is 11.1 Å². The van der Waals surface area contributed by atoms with Gasteiger partial charge in [-0.15, -0.1) is 0 Å². The molecule has 0 atom stereocenters. The van der Waals surface area contributed by atoms with Crippen molar-refractivity contribution in [2.45, 2.75) is 20.4 Å². The summed E-state index contributed by atoms with van der Waals surface area (Å²) in [6, 6.07) is 6.35. The Hall–Kier alpha value is -0.795. The maximum atomic E-state index is 4.85. The quantitative estimate of drug-likeness (QED) is 0.391. The van der Waals surface area contributed by atoms with Gasteiger partial charge >= 0.3 is 0 Å². The highest BCUT2D eigenvalue weighted by atomic mass is 17.2.